The first-order chi connectivity index (χ1) is 10.1. The molecule has 4 rings (SSSR count). The lowest BCUT2D eigenvalue weighted by atomic mass is 9.75. The van der Waals surface area contributed by atoms with E-state index in [9.17, 15) is 14.9 Å². The van der Waals surface area contributed by atoms with E-state index in [4.69, 9.17) is 0 Å². The highest BCUT2D eigenvalue weighted by Crippen LogP contribution is 2.39. The molecule has 3 fully saturated rings. The van der Waals surface area contributed by atoms with E-state index < -0.39 is 10.9 Å². The zero-order chi connectivity index (χ0) is 15.0. The number of benzene rings is 1. The number of nitro groups is 1. The molecule has 6 heteroatoms. The van der Waals surface area contributed by atoms with Crippen LogP contribution in [0.5, 0.6) is 0 Å². The third-order valence-electron chi connectivity index (χ3n) is 4.64. The lowest BCUT2D eigenvalue weighted by molar-refractivity contribution is -0.497. The molecule has 112 valence electrons. The van der Waals surface area contributed by atoms with Crippen molar-refractivity contribution in [2.75, 3.05) is 13.1 Å². The largest absolute Gasteiger partial charge is 0.298 e. The van der Waals surface area contributed by atoms with Crippen molar-refractivity contribution in [3.63, 3.8) is 0 Å². The van der Waals surface area contributed by atoms with Gasteiger partial charge in [-0.05, 0) is 47.4 Å². The van der Waals surface area contributed by atoms with E-state index >= 15 is 0 Å². The Hall–Kier alpha value is -1.27. The molecule has 3 atom stereocenters. The van der Waals surface area contributed by atoms with E-state index in [1.54, 1.807) is 0 Å². The molecule has 3 heterocycles. The summed E-state index contributed by atoms with van der Waals surface area (Å²) < 4.78 is 0. The number of hydrogen-bond acceptors (Lipinski definition) is 4. The number of rotatable bonds is 4. The second kappa shape index (κ2) is 5.85. The average molecular weight is 353 g/mol. The number of ketones is 1. The Morgan fingerprint density at radius 1 is 1.24 bits per heavy atom. The van der Waals surface area contributed by atoms with Crippen molar-refractivity contribution in [2.45, 2.75) is 29.8 Å². The van der Waals surface area contributed by atoms with Gasteiger partial charge >= 0.3 is 0 Å². The summed E-state index contributed by atoms with van der Waals surface area (Å²) in [4.78, 5) is 24.8. The van der Waals surface area contributed by atoms with Crippen molar-refractivity contribution in [1.29, 1.82) is 0 Å². The fourth-order valence-electron chi connectivity index (χ4n) is 3.59. The van der Waals surface area contributed by atoms with Crippen LogP contribution in [0.3, 0.4) is 0 Å². The van der Waals surface area contributed by atoms with Gasteiger partial charge in [0.15, 0.2) is 5.78 Å². The second-order valence-electron chi connectivity index (χ2n) is 5.75. The maximum absolute atomic E-state index is 12.6. The maximum Gasteiger partial charge on any atom is 0.274 e. The van der Waals surface area contributed by atoms with Crippen LogP contribution in [0.25, 0.3) is 0 Å². The molecular weight excluding hydrogens is 336 g/mol. The Balaban J connectivity index is 1.99. The van der Waals surface area contributed by atoms with Crippen molar-refractivity contribution in [1.82, 2.24) is 4.90 Å². The number of Topliss-reactive ketones (excluding diaryl/α,β-unsaturated/α-hetero) is 1. The van der Waals surface area contributed by atoms with Crippen LogP contribution in [0.2, 0.25) is 0 Å². The van der Waals surface area contributed by atoms with Crippen LogP contribution in [-0.2, 0) is 4.79 Å². The number of nitrogens with zero attached hydrogens (tertiary/aromatic N) is 2. The van der Waals surface area contributed by atoms with Gasteiger partial charge in [0.1, 0.15) is 0 Å². The quantitative estimate of drug-likeness (QED) is 0.361. The molecule has 5 nitrogen and oxygen atoms in total. The highest BCUT2D eigenvalue weighted by molar-refractivity contribution is 9.09. The van der Waals surface area contributed by atoms with Crippen LogP contribution >= 0.6 is 15.9 Å². The van der Waals surface area contributed by atoms with Gasteiger partial charge in [-0.25, -0.2) is 0 Å². The summed E-state index contributed by atoms with van der Waals surface area (Å²) in [5.41, 5.74) is 0.849. The minimum absolute atomic E-state index is 0.0812. The molecule has 1 aromatic rings. The maximum atomic E-state index is 12.6. The summed E-state index contributed by atoms with van der Waals surface area (Å²) in [6.45, 7) is 1.73. The Morgan fingerprint density at radius 3 is 2.38 bits per heavy atom. The fraction of sp³-hybridized carbons (Fsp3) is 0.533. The molecular formula is C15H17BrN2O3. The van der Waals surface area contributed by atoms with E-state index in [2.05, 4.69) is 20.8 Å². The Kier molecular flexibility index (Phi) is 4.08. The van der Waals surface area contributed by atoms with Gasteiger partial charge in [0, 0.05) is 10.8 Å². The van der Waals surface area contributed by atoms with Gasteiger partial charge in [-0.3, -0.25) is 19.8 Å². The van der Waals surface area contributed by atoms with Gasteiger partial charge in [0.2, 0.25) is 0 Å². The van der Waals surface area contributed by atoms with Gasteiger partial charge in [-0.1, -0.05) is 30.3 Å². The van der Waals surface area contributed by atoms with Crippen LogP contribution in [0, 0.1) is 16.0 Å². The monoisotopic (exact) mass is 352 g/mol. The zero-order valence-electron chi connectivity index (χ0n) is 11.5. The number of halogens is 1. The molecule has 3 unspecified atom stereocenters. The Bertz CT molecular complexity index is 543. The predicted molar refractivity (Wildman–Crippen MR) is 82.0 cm³/mol. The van der Waals surface area contributed by atoms with Gasteiger partial charge in [-0.2, -0.15) is 0 Å². The first kappa shape index (κ1) is 14.7. The molecule has 0 spiro atoms. The predicted octanol–water partition coefficient (Wildman–Crippen LogP) is 2.43. The topological polar surface area (TPSA) is 63.5 Å². The number of hydrogen-bond donors (Lipinski definition) is 0. The molecule has 0 N–H and O–H groups in total. The normalized spacial score (nSPS) is 30.9. The van der Waals surface area contributed by atoms with Crippen molar-refractivity contribution in [3.8, 4) is 0 Å². The van der Waals surface area contributed by atoms with E-state index in [0.717, 1.165) is 31.5 Å². The highest BCUT2D eigenvalue weighted by Gasteiger charge is 2.49. The summed E-state index contributed by atoms with van der Waals surface area (Å²) in [6.07, 6.45) is 1.78. The molecule has 0 aromatic heterocycles. The summed E-state index contributed by atoms with van der Waals surface area (Å²) >= 11 is 3.20. The molecule has 2 bridgehead atoms. The Labute approximate surface area is 131 Å². The number of carbonyl (C=O) groups is 1. The molecule has 3 aliphatic rings. The third kappa shape index (κ3) is 2.62. The zero-order valence-corrected chi connectivity index (χ0v) is 13.1. The first-order valence-electron chi connectivity index (χ1n) is 7.20. The molecule has 1 aromatic carbocycles. The molecule has 0 aliphatic carbocycles. The van der Waals surface area contributed by atoms with Crippen molar-refractivity contribution >= 4 is 21.7 Å². The minimum atomic E-state index is -0.951. The molecule has 3 aliphatic heterocycles. The van der Waals surface area contributed by atoms with Gasteiger partial charge < -0.3 is 0 Å². The number of fused-ring (bicyclic) bond motifs is 3. The minimum Gasteiger partial charge on any atom is -0.298 e. The van der Waals surface area contributed by atoms with Crippen LogP contribution in [-0.4, -0.2) is 39.7 Å². The third-order valence-corrected chi connectivity index (χ3v) is 5.54. The van der Waals surface area contributed by atoms with Crippen LogP contribution in [0.4, 0.5) is 0 Å². The van der Waals surface area contributed by atoms with E-state index in [0.29, 0.717) is 0 Å². The molecule has 21 heavy (non-hydrogen) atoms. The molecule has 0 radical (unpaired) electrons. The van der Waals surface area contributed by atoms with Crippen LogP contribution < -0.4 is 0 Å². The number of piperidine rings is 3. The summed E-state index contributed by atoms with van der Waals surface area (Å²) in [6, 6.07) is 8.98. The van der Waals surface area contributed by atoms with Crippen molar-refractivity contribution in [3.05, 3.63) is 46.0 Å². The van der Waals surface area contributed by atoms with Crippen molar-refractivity contribution < 1.29 is 9.72 Å². The van der Waals surface area contributed by atoms with Gasteiger partial charge in [-0.15, -0.1) is 0 Å². The highest BCUT2D eigenvalue weighted by atomic mass is 79.9. The fourth-order valence-corrected chi connectivity index (χ4v) is 4.18. The summed E-state index contributed by atoms with van der Waals surface area (Å²) in [5.74, 6) is -0.192. The smallest absolute Gasteiger partial charge is 0.274 e. The van der Waals surface area contributed by atoms with Gasteiger partial charge in [0.25, 0.3) is 4.95 Å². The number of carbonyl (C=O) groups excluding carboxylic acids is 1. The van der Waals surface area contributed by atoms with E-state index in [-0.39, 0.29) is 22.7 Å². The Morgan fingerprint density at radius 2 is 1.86 bits per heavy atom. The summed E-state index contributed by atoms with van der Waals surface area (Å²) in [7, 11) is 0. The standard InChI is InChI=1S/C15H17BrN2O3/c16-15(18(20)21)12(10-4-2-1-3-5-10)13-14(19)11-6-8-17(13)9-7-11/h1-5,11-13,15H,6-9H2. The van der Waals surface area contributed by atoms with E-state index in [1.165, 1.54) is 0 Å². The average Bonchev–Trinajstić information content (AvgIpc) is 2.51. The molecule has 3 saturated heterocycles. The molecule has 0 amide bonds. The van der Waals surface area contributed by atoms with Crippen LogP contribution in [0.15, 0.2) is 30.3 Å². The first-order valence-corrected chi connectivity index (χ1v) is 8.11. The lowest BCUT2D eigenvalue weighted by Crippen LogP contribution is -2.59. The van der Waals surface area contributed by atoms with Gasteiger partial charge in [0.05, 0.1) is 12.0 Å². The number of alkyl halides is 1. The van der Waals surface area contributed by atoms with Crippen LogP contribution in [0.1, 0.15) is 24.3 Å². The second-order valence-corrected chi connectivity index (χ2v) is 6.69. The summed E-state index contributed by atoms with van der Waals surface area (Å²) in [5, 5.41) is 11.3. The van der Waals surface area contributed by atoms with Crippen molar-refractivity contribution in [2.24, 2.45) is 5.92 Å². The van der Waals surface area contributed by atoms with E-state index in [1.807, 2.05) is 30.3 Å². The SMILES string of the molecule is O=C1C2CCN(CC2)C1C(c1ccccc1)C(Br)[N+](=O)[O-]. The molecule has 0 saturated carbocycles. The lowest BCUT2D eigenvalue weighted by Gasteiger charge is -2.46.